The molecule has 0 N–H and O–H groups in total. The van der Waals surface area contributed by atoms with Gasteiger partial charge >= 0.3 is 5.97 Å². The number of hydrogen-bond acceptors (Lipinski definition) is 2. The summed E-state index contributed by atoms with van der Waals surface area (Å²) in [6, 6.07) is 0. The summed E-state index contributed by atoms with van der Waals surface area (Å²) in [4.78, 5) is 11.5. The van der Waals surface area contributed by atoms with Crippen LogP contribution in [0.2, 0.25) is 0 Å². The van der Waals surface area contributed by atoms with Gasteiger partial charge in [-0.1, -0.05) is 84.3 Å². The van der Waals surface area contributed by atoms with Gasteiger partial charge in [0, 0.05) is 6.42 Å². The van der Waals surface area contributed by atoms with E-state index in [1.807, 2.05) is 0 Å². The first-order chi connectivity index (χ1) is 11.7. The molecule has 0 heterocycles. The van der Waals surface area contributed by atoms with Crippen molar-refractivity contribution in [2.24, 2.45) is 5.92 Å². The van der Waals surface area contributed by atoms with Crippen LogP contribution in [0.3, 0.4) is 0 Å². The standard InChI is InChI=1S/C22H42O2/c1-4-5-6-7-8-9-10-11-12-13-14-15-16-17-18-19-22(23)24-20-21(2)3/h11-12,21H,4-10,13-20H2,1-3H3. The highest BCUT2D eigenvalue weighted by Gasteiger charge is 2.03. The van der Waals surface area contributed by atoms with E-state index in [-0.39, 0.29) is 5.97 Å². The van der Waals surface area contributed by atoms with Crippen LogP contribution >= 0.6 is 0 Å². The second-order valence-electron chi connectivity index (χ2n) is 7.41. The molecule has 0 saturated carbocycles. The summed E-state index contributed by atoms with van der Waals surface area (Å²) in [6.45, 7) is 6.96. The minimum Gasteiger partial charge on any atom is -0.465 e. The van der Waals surface area contributed by atoms with Crippen molar-refractivity contribution in [3.63, 3.8) is 0 Å². The molecule has 0 radical (unpaired) electrons. The summed E-state index contributed by atoms with van der Waals surface area (Å²) in [7, 11) is 0. The highest BCUT2D eigenvalue weighted by atomic mass is 16.5. The van der Waals surface area contributed by atoms with Crippen LogP contribution in [0.25, 0.3) is 0 Å². The number of ether oxygens (including phenoxy) is 1. The maximum Gasteiger partial charge on any atom is 0.305 e. The van der Waals surface area contributed by atoms with Crippen LogP contribution in [0, 0.1) is 5.92 Å². The third-order valence-corrected chi connectivity index (χ3v) is 4.22. The van der Waals surface area contributed by atoms with E-state index >= 15 is 0 Å². The molecule has 0 aromatic heterocycles. The zero-order valence-corrected chi connectivity index (χ0v) is 16.7. The van der Waals surface area contributed by atoms with Gasteiger partial charge < -0.3 is 4.74 Å². The molecule has 2 heteroatoms. The predicted molar refractivity (Wildman–Crippen MR) is 105 cm³/mol. The highest BCUT2D eigenvalue weighted by Crippen LogP contribution is 2.10. The van der Waals surface area contributed by atoms with Crippen molar-refractivity contribution in [1.82, 2.24) is 0 Å². The SMILES string of the molecule is CCCCCCCCC=CCCCCCCCC(=O)OCC(C)C. The van der Waals surface area contributed by atoms with E-state index in [2.05, 4.69) is 32.9 Å². The molecule has 0 saturated heterocycles. The molecule has 0 fully saturated rings. The van der Waals surface area contributed by atoms with Gasteiger partial charge in [-0.2, -0.15) is 0 Å². The van der Waals surface area contributed by atoms with E-state index in [9.17, 15) is 4.79 Å². The molecule has 0 aliphatic carbocycles. The van der Waals surface area contributed by atoms with E-state index in [1.54, 1.807) is 0 Å². The van der Waals surface area contributed by atoms with Gasteiger partial charge in [-0.3, -0.25) is 4.79 Å². The number of carbonyl (C=O) groups excluding carboxylic acids is 1. The Morgan fingerprint density at radius 2 is 1.29 bits per heavy atom. The van der Waals surface area contributed by atoms with Crippen LogP contribution in [0.4, 0.5) is 0 Å². The second-order valence-corrected chi connectivity index (χ2v) is 7.41. The van der Waals surface area contributed by atoms with Gasteiger partial charge in [0.15, 0.2) is 0 Å². The number of hydrogen-bond donors (Lipinski definition) is 0. The fourth-order valence-electron chi connectivity index (χ4n) is 2.67. The molecule has 0 bridgehead atoms. The topological polar surface area (TPSA) is 26.3 Å². The molecule has 0 aliphatic rings. The fourth-order valence-corrected chi connectivity index (χ4v) is 2.67. The molecule has 0 unspecified atom stereocenters. The Balaban J connectivity index is 3.19. The van der Waals surface area contributed by atoms with Crippen molar-refractivity contribution in [2.45, 2.75) is 111 Å². The molecule has 0 aromatic carbocycles. The molecule has 142 valence electrons. The first kappa shape index (κ1) is 23.2. The zero-order valence-electron chi connectivity index (χ0n) is 16.7. The number of rotatable bonds is 17. The first-order valence-corrected chi connectivity index (χ1v) is 10.5. The third-order valence-electron chi connectivity index (χ3n) is 4.22. The van der Waals surface area contributed by atoms with E-state index in [1.165, 1.54) is 70.6 Å². The quantitative estimate of drug-likeness (QED) is 0.159. The Morgan fingerprint density at radius 3 is 1.83 bits per heavy atom. The molecule has 24 heavy (non-hydrogen) atoms. The van der Waals surface area contributed by atoms with E-state index in [4.69, 9.17) is 4.74 Å². The Hall–Kier alpha value is -0.790. The van der Waals surface area contributed by atoms with Gasteiger partial charge in [0.1, 0.15) is 0 Å². The van der Waals surface area contributed by atoms with Gasteiger partial charge in [-0.05, 0) is 38.0 Å². The summed E-state index contributed by atoms with van der Waals surface area (Å²) >= 11 is 0. The van der Waals surface area contributed by atoms with Crippen molar-refractivity contribution in [2.75, 3.05) is 6.61 Å². The third kappa shape index (κ3) is 19.3. The van der Waals surface area contributed by atoms with Gasteiger partial charge in [0.25, 0.3) is 0 Å². The van der Waals surface area contributed by atoms with Crippen LogP contribution < -0.4 is 0 Å². The molecule has 0 spiro atoms. The monoisotopic (exact) mass is 338 g/mol. The summed E-state index contributed by atoms with van der Waals surface area (Å²) in [5.74, 6) is 0.407. The Bertz CT molecular complexity index is 294. The predicted octanol–water partition coefficient (Wildman–Crippen LogP) is 7.22. The van der Waals surface area contributed by atoms with Crippen LogP contribution in [-0.4, -0.2) is 12.6 Å². The Labute approximate surface area is 151 Å². The van der Waals surface area contributed by atoms with Crippen LogP contribution in [0.1, 0.15) is 111 Å². The lowest BCUT2D eigenvalue weighted by Gasteiger charge is -2.06. The van der Waals surface area contributed by atoms with Gasteiger partial charge in [0.05, 0.1) is 6.61 Å². The number of unbranched alkanes of at least 4 members (excludes halogenated alkanes) is 11. The number of carbonyl (C=O) groups is 1. The van der Waals surface area contributed by atoms with Crippen molar-refractivity contribution in [3.05, 3.63) is 12.2 Å². The maximum absolute atomic E-state index is 11.5. The minimum atomic E-state index is -0.0265. The Morgan fingerprint density at radius 1 is 0.792 bits per heavy atom. The lowest BCUT2D eigenvalue weighted by Crippen LogP contribution is -2.09. The molecule has 0 aromatic rings. The van der Waals surface area contributed by atoms with Crippen LogP contribution in [0.15, 0.2) is 12.2 Å². The summed E-state index contributed by atoms with van der Waals surface area (Å²) in [5, 5.41) is 0. The summed E-state index contributed by atoms with van der Waals surface area (Å²) < 4.78 is 5.17. The van der Waals surface area contributed by atoms with E-state index < -0.39 is 0 Å². The zero-order chi connectivity index (χ0) is 17.9. The molecule has 0 amide bonds. The van der Waals surface area contributed by atoms with Crippen LogP contribution in [-0.2, 0) is 9.53 Å². The van der Waals surface area contributed by atoms with Crippen molar-refractivity contribution >= 4 is 5.97 Å². The maximum atomic E-state index is 11.5. The van der Waals surface area contributed by atoms with Crippen molar-refractivity contribution < 1.29 is 9.53 Å². The molecule has 0 aliphatic heterocycles. The van der Waals surface area contributed by atoms with Crippen LogP contribution in [0.5, 0.6) is 0 Å². The smallest absolute Gasteiger partial charge is 0.305 e. The number of esters is 1. The molecule has 2 nitrogen and oxygen atoms in total. The molecule has 0 atom stereocenters. The van der Waals surface area contributed by atoms with Crippen molar-refractivity contribution in [3.8, 4) is 0 Å². The Kier molecular flexibility index (Phi) is 17.9. The molecular weight excluding hydrogens is 296 g/mol. The van der Waals surface area contributed by atoms with E-state index in [0.717, 1.165) is 12.8 Å². The lowest BCUT2D eigenvalue weighted by atomic mass is 10.1. The fraction of sp³-hybridized carbons (Fsp3) is 0.864. The van der Waals surface area contributed by atoms with E-state index in [0.29, 0.717) is 18.9 Å². The van der Waals surface area contributed by atoms with Gasteiger partial charge in [-0.25, -0.2) is 0 Å². The summed E-state index contributed by atoms with van der Waals surface area (Å²) in [5.41, 5.74) is 0. The average molecular weight is 339 g/mol. The largest absolute Gasteiger partial charge is 0.465 e. The normalized spacial score (nSPS) is 11.5. The first-order valence-electron chi connectivity index (χ1n) is 10.5. The summed E-state index contributed by atoms with van der Waals surface area (Å²) in [6.07, 6.45) is 22.0. The molecular formula is C22H42O2. The highest BCUT2D eigenvalue weighted by molar-refractivity contribution is 5.69. The van der Waals surface area contributed by atoms with Gasteiger partial charge in [0.2, 0.25) is 0 Å². The minimum absolute atomic E-state index is 0.0265. The van der Waals surface area contributed by atoms with Gasteiger partial charge in [-0.15, -0.1) is 0 Å². The van der Waals surface area contributed by atoms with Crippen molar-refractivity contribution in [1.29, 1.82) is 0 Å². The average Bonchev–Trinajstić information content (AvgIpc) is 2.56. The molecule has 0 rings (SSSR count). The second kappa shape index (κ2) is 18.5. The number of allylic oxidation sites excluding steroid dienone is 2. The lowest BCUT2D eigenvalue weighted by molar-refractivity contribution is -0.144.